The van der Waals surface area contributed by atoms with Crippen molar-refractivity contribution in [3.05, 3.63) is 12.4 Å². The molecule has 3 heterocycles. The van der Waals surface area contributed by atoms with Crippen LogP contribution in [0, 0.1) is 0 Å². The summed E-state index contributed by atoms with van der Waals surface area (Å²) in [6.07, 6.45) is 4.59. The van der Waals surface area contributed by atoms with E-state index >= 15 is 0 Å². The number of hydrogen-bond acceptors (Lipinski definition) is 5. The Morgan fingerprint density at radius 3 is 3.20 bits per heavy atom. The zero-order valence-electron chi connectivity index (χ0n) is 11.7. The monoisotopic (exact) mass is 276 g/mol. The number of hydrogen-bond donors (Lipinski definition) is 2. The van der Waals surface area contributed by atoms with Crippen molar-refractivity contribution in [3.8, 4) is 0 Å². The Balaban J connectivity index is 1.69. The molecular formula is C13H20N6O. The van der Waals surface area contributed by atoms with E-state index in [4.69, 9.17) is 0 Å². The molecule has 7 nitrogen and oxygen atoms in total. The zero-order valence-corrected chi connectivity index (χ0v) is 11.7. The molecule has 2 aliphatic heterocycles. The van der Waals surface area contributed by atoms with Crippen LogP contribution in [0.1, 0.15) is 13.3 Å². The van der Waals surface area contributed by atoms with Gasteiger partial charge in [0.05, 0.1) is 18.4 Å². The van der Waals surface area contributed by atoms with Crippen LogP contribution in [0.15, 0.2) is 12.4 Å². The molecule has 1 aromatic rings. The normalized spacial score (nSPS) is 21.6. The summed E-state index contributed by atoms with van der Waals surface area (Å²) in [5.41, 5.74) is 0. The molecule has 108 valence electrons. The number of carbonyl (C=O) groups is 1. The Bertz CT molecular complexity index is 494. The molecular weight excluding hydrogens is 256 g/mol. The predicted octanol–water partition coefficient (Wildman–Crippen LogP) is 0.512. The molecule has 0 aromatic carbocycles. The van der Waals surface area contributed by atoms with Crippen LogP contribution in [0.3, 0.4) is 0 Å². The van der Waals surface area contributed by atoms with E-state index in [2.05, 4.69) is 32.4 Å². The summed E-state index contributed by atoms with van der Waals surface area (Å²) in [6.45, 7) is 6.09. The maximum absolute atomic E-state index is 11.6. The Hall–Kier alpha value is -2.05. The summed E-state index contributed by atoms with van der Waals surface area (Å²) in [4.78, 5) is 24.5. The zero-order chi connectivity index (χ0) is 13.9. The van der Waals surface area contributed by atoms with Crippen molar-refractivity contribution in [2.24, 2.45) is 0 Å². The Kier molecular flexibility index (Phi) is 3.58. The van der Waals surface area contributed by atoms with Gasteiger partial charge in [-0.3, -0.25) is 4.98 Å². The molecule has 1 aromatic heterocycles. The van der Waals surface area contributed by atoms with Crippen LogP contribution in [0.2, 0.25) is 0 Å². The first kappa shape index (κ1) is 13.0. The highest BCUT2D eigenvalue weighted by Gasteiger charge is 2.35. The van der Waals surface area contributed by atoms with E-state index in [-0.39, 0.29) is 12.1 Å². The largest absolute Gasteiger partial charge is 0.369 e. The van der Waals surface area contributed by atoms with Gasteiger partial charge in [-0.1, -0.05) is 6.92 Å². The fourth-order valence-corrected chi connectivity index (χ4v) is 2.66. The molecule has 20 heavy (non-hydrogen) atoms. The van der Waals surface area contributed by atoms with E-state index in [0.717, 1.165) is 50.8 Å². The van der Waals surface area contributed by atoms with Gasteiger partial charge in [0.1, 0.15) is 11.6 Å². The number of aromatic nitrogens is 2. The Labute approximate surface area is 118 Å². The second-order valence-corrected chi connectivity index (χ2v) is 5.17. The van der Waals surface area contributed by atoms with Crippen molar-refractivity contribution in [1.29, 1.82) is 0 Å². The lowest BCUT2D eigenvalue weighted by atomic mass is 10.2. The maximum atomic E-state index is 11.6. The lowest BCUT2D eigenvalue weighted by Gasteiger charge is -2.36. The minimum Gasteiger partial charge on any atom is -0.369 e. The van der Waals surface area contributed by atoms with Gasteiger partial charge in [-0.05, 0) is 6.42 Å². The third-order valence-corrected chi connectivity index (χ3v) is 3.73. The van der Waals surface area contributed by atoms with Crippen LogP contribution in [0.25, 0.3) is 0 Å². The van der Waals surface area contributed by atoms with Crippen LogP contribution < -0.4 is 15.5 Å². The lowest BCUT2D eigenvalue weighted by molar-refractivity contribution is 0.197. The Morgan fingerprint density at radius 1 is 1.45 bits per heavy atom. The molecule has 2 aliphatic rings. The predicted molar refractivity (Wildman–Crippen MR) is 76.9 cm³/mol. The summed E-state index contributed by atoms with van der Waals surface area (Å²) in [7, 11) is 0. The van der Waals surface area contributed by atoms with Crippen LogP contribution >= 0.6 is 0 Å². The fourth-order valence-electron chi connectivity index (χ4n) is 2.66. The first-order valence-corrected chi connectivity index (χ1v) is 7.13. The van der Waals surface area contributed by atoms with Gasteiger partial charge < -0.3 is 20.4 Å². The number of anilines is 2. The average Bonchev–Trinajstić information content (AvgIpc) is 2.86. The second-order valence-electron chi connectivity index (χ2n) is 5.17. The Morgan fingerprint density at radius 2 is 2.35 bits per heavy atom. The molecule has 2 amide bonds. The number of urea groups is 1. The first-order chi connectivity index (χ1) is 9.78. The number of nitrogens with zero attached hydrogens (tertiary/aromatic N) is 4. The molecule has 2 fully saturated rings. The van der Waals surface area contributed by atoms with Gasteiger partial charge >= 0.3 is 6.03 Å². The standard InChI is InChI=1S/C13H20N6O/c1-2-3-15-11-7-14-8-12(17-11)18-4-5-19-10(9-18)6-16-13(19)20/h7-8,10H,2-6,9H2,1H3,(H,15,17)(H,16,20). The summed E-state index contributed by atoms with van der Waals surface area (Å²) in [5.74, 6) is 1.69. The summed E-state index contributed by atoms with van der Waals surface area (Å²) in [6, 6.07) is 0.296. The molecule has 0 spiro atoms. The van der Waals surface area contributed by atoms with Gasteiger partial charge in [-0.25, -0.2) is 9.78 Å². The molecule has 2 N–H and O–H groups in total. The fraction of sp³-hybridized carbons (Fsp3) is 0.615. The van der Waals surface area contributed by atoms with E-state index in [1.807, 2.05) is 4.90 Å². The number of fused-ring (bicyclic) bond motifs is 1. The average molecular weight is 276 g/mol. The molecule has 0 saturated carbocycles. The quantitative estimate of drug-likeness (QED) is 0.838. The number of amides is 2. The highest BCUT2D eigenvalue weighted by atomic mass is 16.2. The van der Waals surface area contributed by atoms with E-state index in [1.54, 1.807) is 12.4 Å². The van der Waals surface area contributed by atoms with Gasteiger partial charge in [0.15, 0.2) is 0 Å². The van der Waals surface area contributed by atoms with Gasteiger partial charge in [-0.2, -0.15) is 0 Å². The maximum Gasteiger partial charge on any atom is 0.317 e. The SMILES string of the molecule is CCCNc1cncc(N2CCN3C(=O)NCC3C2)n1. The van der Waals surface area contributed by atoms with Gasteiger partial charge in [0, 0.05) is 32.7 Å². The number of piperazine rings is 1. The molecule has 0 aliphatic carbocycles. The van der Waals surface area contributed by atoms with Crippen LogP contribution in [-0.2, 0) is 0 Å². The van der Waals surface area contributed by atoms with E-state index in [1.165, 1.54) is 0 Å². The summed E-state index contributed by atoms with van der Waals surface area (Å²) >= 11 is 0. The third kappa shape index (κ3) is 2.48. The lowest BCUT2D eigenvalue weighted by Crippen LogP contribution is -2.52. The van der Waals surface area contributed by atoms with Crippen LogP contribution in [0.4, 0.5) is 16.4 Å². The molecule has 1 unspecified atom stereocenters. The van der Waals surface area contributed by atoms with Crippen LogP contribution in [-0.4, -0.2) is 59.7 Å². The first-order valence-electron chi connectivity index (χ1n) is 7.13. The van der Waals surface area contributed by atoms with E-state index in [0.29, 0.717) is 0 Å². The third-order valence-electron chi connectivity index (χ3n) is 3.73. The van der Waals surface area contributed by atoms with Crippen molar-refractivity contribution in [3.63, 3.8) is 0 Å². The van der Waals surface area contributed by atoms with Gasteiger partial charge in [0.2, 0.25) is 0 Å². The van der Waals surface area contributed by atoms with Crippen molar-refractivity contribution >= 4 is 17.7 Å². The molecule has 0 bridgehead atoms. The van der Waals surface area contributed by atoms with E-state index in [9.17, 15) is 4.79 Å². The highest BCUT2D eigenvalue weighted by molar-refractivity contribution is 5.77. The minimum atomic E-state index is 0.0547. The smallest absolute Gasteiger partial charge is 0.317 e. The number of nitrogens with one attached hydrogen (secondary N) is 2. The molecule has 0 radical (unpaired) electrons. The minimum absolute atomic E-state index is 0.0547. The second kappa shape index (κ2) is 5.52. The molecule has 1 atom stereocenters. The summed E-state index contributed by atoms with van der Waals surface area (Å²) < 4.78 is 0. The summed E-state index contributed by atoms with van der Waals surface area (Å²) in [5, 5.41) is 6.13. The van der Waals surface area contributed by atoms with Gasteiger partial charge in [-0.15, -0.1) is 0 Å². The molecule has 3 rings (SSSR count). The highest BCUT2D eigenvalue weighted by Crippen LogP contribution is 2.20. The topological polar surface area (TPSA) is 73.4 Å². The molecule has 2 saturated heterocycles. The van der Waals surface area contributed by atoms with Crippen molar-refractivity contribution < 1.29 is 4.79 Å². The van der Waals surface area contributed by atoms with E-state index < -0.39 is 0 Å². The van der Waals surface area contributed by atoms with Crippen LogP contribution in [0.5, 0.6) is 0 Å². The van der Waals surface area contributed by atoms with Crippen molar-refractivity contribution in [2.45, 2.75) is 19.4 Å². The number of carbonyl (C=O) groups excluding carboxylic acids is 1. The number of rotatable bonds is 4. The van der Waals surface area contributed by atoms with Crippen molar-refractivity contribution in [2.75, 3.05) is 42.9 Å². The van der Waals surface area contributed by atoms with Crippen molar-refractivity contribution in [1.82, 2.24) is 20.2 Å². The molecule has 7 heteroatoms. The van der Waals surface area contributed by atoms with Gasteiger partial charge in [0.25, 0.3) is 0 Å².